The predicted molar refractivity (Wildman–Crippen MR) is 103 cm³/mol. The summed E-state index contributed by atoms with van der Waals surface area (Å²) in [5.74, 6) is 0.744. The lowest BCUT2D eigenvalue weighted by Gasteiger charge is -2.25. The van der Waals surface area contributed by atoms with Gasteiger partial charge in [-0.3, -0.25) is 5.10 Å². The molecule has 4 N–H and O–H groups in total. The van der Waals surface area contributed by atoms with Gasteiger partial charge in [0.05, 0.1) is 17.1 Å². The quantitative estimate of drug-likeness (QED) is 0.466. The van der Waals surface area contributed by atoms with Crippen molar-refractivity contribution < 1.29 is 0 Å². The molecule has 0 saturated carbocycles. The molecule has 0 saturated heterocycles. The van der Waals surface area contributed by atoms with Gasteiger partial charge in [-0.2, -0.15) is 16.4 Å². The Labute approximate surface area is 151 Å². The zero-order valence-electron chi connectivity index (χ0n) is 13.1. The first-order chi connectivity index (χ1) is 12.3. The fourth-order valence-electron chi connectivity index (χ4n) is 2.95. The number of nitrogens with zero attached hydrogens (tertiary/aromatic N) is 3. The zero-order chi connectivity index (χ0) is 16.8. The second-order valence-electron chi connectivity index (χ2n) is 5.82. The molecule has 3 aromatic heterocycles. The van der Waals surface area contributed by atoms with Crippen LogP contribution in [0.25, 0.3) is 22.4 Å². The highest BCUT2D eigenvalue weighted by Gasteiger charge is 2.25. The Bertz CT molecular complexity index is 1060. The van der Waals surface area contributed by atoms with Crippen molar-refractivity contribution in [3.05, 3.63) is 46.9 Å². The summed E-state index contributed by atoms with van der Waals surface area (Å²) >= 11 is 3.43. The number of nitrogens with one attached hydrogen (secondary N) is 2. The normalized spacial score (nSPS) is 16.6. The molecule has 1 aliphatic heterocycles. The van der Waals surface area contributed by atoms with Crippen LogP contribution in [0.5, 0.6) is 0 Å². The number of H-pyrrole nitrogens is 1. The van der Waals surface area contributed by atoms with Crippen LogP contribution < -0.4 is 11.1 Å². The van der Waals surface area contributed by atoms with Crippen molar-refractivity contribution in [3.8, 4) is 11.4 Å². The first-order valence-electron chi connectivity index (χ1n) is 7.81. The van der Waals surface area contributed by atoms with Gasteiger partial charge in [-0.15, -0.1) is 11.8 Å². The number of anilines is 2. The maximum Gasteiger partial charge on any atom is 0.161 e. The van der Waals surface area contributed by atoms with E-state index >= 15 is 0 Å². The van der Waals surface area contributed by atoms with Gasteiger partial charge in [0.1, 0.15) is 11.0 Å². The van der Waals surface area contributed by atoms with E-state index in [2.05, 4.69) is 31.9 Å². The van der Waals surface area contributed by atoms with Gasteiger partial charge in [0, 0.05) is 33.8 Å². The fraction of sp³-hybridized carbons (Fsp3) is 0.118. The van der Waals surface area contributed by atoms with Gasteiger partial charge in [-0.25, -0.2) is 9.97 Å². The third-order valence-electron chi connectivity index (χ3n) is 4.16. The Kier molecular flexibility index (Phi) is 3.39. The van der Waals surface area contributed by atoms with Gasteiger partial charge < -0.3 is 11.1 Å². The molecule has 5 rings (SSSR count). The highest BCUT2D eigenvalue weighted by atomic mass is 32.2. The maximum absolute atomic E-state index is 5.88. The maximum atomic E-state index is 5.88. The molecular formula is C17H14N6S2. The number of aromatic nitrogens is 4. The van der Waals surface area contributed by atoms with E-state index in [1.807, 2.05) is 23.6 Å². The van der Waals surface area contributed by atoms with E-state index < -0.39 is 0 Å². The van der Waals surface area contributed by atoms with Gasteiger partial charge in [-0.1, -0.05) is 0 Å². The van der Waals surface area contributed by atoms with Crippen LogP contribution in [0.3, 0.4) is 0 Å². The number of rotatable bonds is 2. The van der Waals surface area contributed by atoms with Crippen molar-refractivity contribution in [2.24, 2.45) is 0 Å². The summed E-state index contributed by atoms with van der Waals surface area (Å²) in [4.78, 5) is 10.7. The highest BCUT2D eigenvalue weighted by molar-refractivity contribution is 7.99. The molecule has 124 valence electrons. The van der Waals surface area contributed by atoms with Crippen LogP contribution in [0.15, 0.2) is 46.1 Å². The van der Waals surface area contributed by atoms with Crippen LogP contribution in [0.1, 0.15) is 10.9 Å². The van der Waals surface area contributed by atoms with Gasteiger partial charge in [0.2, 0.25) is 0 Å². The largest absolute Gasteiger partial charge is 0.399 e. The number of hydrogen-bond acceptors (Lipinski definition) is 7. The minimum atomic E-state index is 0.166. The van der Waals surface area contributed by atoms with Crippen LogP contribution in [-0.2, 0) is 0 Å². The second-order valence-corrected chi connectivity index (χ2v) is 7.84. The SMILES string of the molecule is Nc1ccc2c(c1)NCC(c1nc(-c3ccsc3)nc3cn[nH]c13)S2. The molecule has 0 amide bonds. The van der Waals surface area contributed by atoms with E-state index in [1.165, 1.54) is 4.90 Å². The number of aromatic amines is 1. The topological polar surface area (TPSA) is 92.5 Å². The van der Waals surface area contributed by atoms with E-state index in [-0.39, 0.29) is 5.25 Å². The van der Waals surface area contributed by atoms with E-state index in [4.69, 9.17) is 10.7 Å². The van der Waals surface area contributed by atoms with Crippen LogP contribution in [0.4, 0.5) is 11.4 Å². The van der Waals surface area contributed by atoms with Crippen LogP contribution in [-0.4, -0.2) is 26.7 Å². The third kappa shape index (κ3) is 2.54. The number of fused-ring (bicyclic) bond motifs is 2. The van der Waals surface area contributed by atoms with Gasteiger partial charge >= 0.3 is 0 Å². The minimum absolute atomic E-state index is 0.166. The molecule has 1 aliphatic rings. The smallest absolute Gasteiger partial charge is 0.161 e. The molecule has 0 spiro atoms. The van der Waals surface area contributed by atoms with Crippen molar-refractivity contribution in [2.45, 2.75) is 10.1 Å². The molecule has 4 aromatic rings. The lowest BCUT2D eigenvalue weighted by molar-refractivity contribution is 0.917. The van der Waals surface area contributed by atoms with Crippen LogP contribution in [0, 0.1) is 0 Å². The molecule has 8 heteroatoms. The summed E-state index contributed by atoms with van der Waals surface area (Å²) in [6.07, 6.45) is 1.76. The Balaban J connectivity index is 1.60. The van der Waals surface area contributed by atoms with Crippen LogP contribution >= 0.6 is 23.1 Å². The summed E-state index contributed by atoms with van der Waals surface area (Å²) in [6.45, 7) is 0.773. The zero-order valence-corrected chi connectivity index (χ0v) is 14.7. The van der Waals surface area contributed by atoms with E-state index in [0.717, 1.165) is 46.0 Å². The monoisotopic (exact) mass is 366 g/mol. The molecule has 4 heterocycles. The Morgan fingerprint density at radius 1 is 1.20 bits per heavy atom. The molecule has 6 nitrogen and oxygen atoms in total. The molecule has 1 aromatic carbocycles. The summed E-state index contributed by atoms with van der Waals surface area (Å²) in [5, 5.41) is 15.0. The van der Waals surface area contributed by atoms with E-state index in [1.54, 1.807) is 29.3 Å². The van der Waals surface area contributed by atoms with Crippen molar-refractivity contribution in [1.29, 1.82) is 0 Å². The van der Waals surface area contributed by atoms with E-state index in [0.29, 0.717) is 0 Å². The number of thiophene rings is 1. The van der Waals surface area contributed by atoms with Crippen molar-refractivity contribution in [1.82, 2.24) is 20.2 Å². The Hall–Kier alpha value is -2.58. The number of nitrogen functional groups attached to an aromatic ring is 1. The Morgan fingerprint density at radius 2 is 2.16 bits per heavy atom. The molecular weight excluding hydrogens is 352 g/mol. The van der Waals surface area contributed by atoms with Crippen molar-refractivity contribution >= 4 is 45.5 Å². The minimum Gasteiger partial charge on any atom is -0.399 e. The summed E-state index contributed by atoms with van der Waals surface area (Å²) in [6, 6.07) is 8.00. The van der Waals surface area contributed by atoms with Gasteiger partial charge in [-0.05, 0) is 29.6 Å². The molecule has 1 unspecified atom stereocenters. The summed E-state index contributed by atoms with van der Waals surface area (Å²) in [5.41, 5.74) is 11.5. The number of nitrogens with two attached hydrogens (primary N) is 1. The molecule has 0 fully saturated rings. The predicted octanol–water partition coefficient (Wildman–Crippen LogP) is 3.92. The van der Waals surface area contributed by atoms with Crippen molar-refractivity contribution in [2.75, 3.05) is 17.6 Å². The average molecular weight is 366 g/mol. The van der Waals surface area contributed by atoms with Gasteiger partial charge in [0.25, 0.3) is 0 Å². The Morgan fingerprint density at radius 3 is 3.04 bits per heavy atom. The average Bonchev–Trinajstić information content (AvgIpc) is 3.31. The number of thioether (sulfide) groups is 1. The second kappa shape index (κ2) is 5.75. The first kappa shape index (κ1) is 14.7. The van der Waals surface area contributed by atoms with Crippen LogP contribution in [0.2, 0.25) is 0 Å². The summed E-state index contributed by atoms with van der Waals surface area (Å²) in [7, 11) is 0. The standard InChI is InChI=1S/C17H14N6S2/c18-10-1-2-13-11(5-10)19-7-14(25-13)16-15-12(6-20-23-15)21-17(22-16)9-3-4-24-8-9/h1-6,8,14,19H,7,18H2,(H,20,23). The molecule has 0 aliphatic carbocycles. The third-order valence-corrected chi connectivity index (χ3v) is 6.13. The van der Waals surface area contributed by atoms with Crippen molar-refractivity contribution in [3.63, 3.8) is 0 Å². The molecule has 0 bridgehead atoms. The lowest BCUT2D eigenvalue weighted by Crippen LogP contribution is -2.17. The summed E-state index contributed by atoms with van der Waals surface area (Å²) < 4.78 is 0. The first-order valence-corrected chi connectivity index (χ1v) is 9.64. The highest BCUT2D eigenvalue weighted by Crippen LogP contribution is 2.44. The molecule has 1 atom stereocenters. The van der Waals surface area contributed by atoms with E-state index in [9.17, 15) is 0 Å². The number of benzene rings is 1. The number of hydrogen-bond donors (Lipinski definition) is 3. The molecule has 25 heavy (non-hydrogen) atoms. The fourth-order valence-corrected chi connectivity index (χ4v) is 4.75. The molecule has 0 radical (unpaired) electrons. The lowest BCUT2D eigenvalue weighted by atomic mass is 10.2. The van der Waals surface area contributed by atoms with Gasteiger partial charge in [0.15, 0.2) is 5.82 Å².